The first-order chi connectivity index (χ1) is 8.25. The van der Waals surface area contributed by atoms with E-state index < -0.39 is 5.97 Å². The number of hydrogen-bond acceptors (Lipinski definition) is 4. The number of nitrogens with zero attached hydrogens (tertiary/aromatic N) is 4. The third-order valence-corrected chi connectivity index (χ3v) is 3.20. The molecule has 88 valence electrons. The molecule has 0 aliphatic heterocycles. The van der Waals surface area contributed by atoms with Gasteiger partial charge in [-0.05, 0) is 12.8 Å². The Balaban J connectivity index is 2.11. The molecule has 6 heteroatoms. The Morgan fingerprint density at radius 3 is 2.82 bits per heavy atom. The van der Waals surface area contributed by atoms with Gasteiger partial charge in [0.15, 0.2) is 5.65 Å². The zero-order valence-electron chi connectivity index (χ0n) is 9.20. The summed E-state index contributed by atoms with van der Waals surface area (Å²) in [6, 6.07) is 0.351. The van der Waals surface area contributed by atoms with Crippen molar-refractivity contribution >= 4 is 17.0 Å². The highest BCUT2D eigenvalue weighted by atomic mass is 16.4. The topological polar surface area (TPSA) is 80.9 Å². The minimum absolute atomic E-state index is 0.169. The SMILES string of the molecule is O=C(O)c1ncc2cnn(C3CCCC3)c2n1. The predicted octanol–water partition coefficient (Wildman–Crippen LogP) is 1.64. The Hall–Kier alpha value is -1.98. The van der Waals surface area contributed by atoms with Crippen LogP contribution in [0.3, 0.4) is 0 Å². The lowest BCUT2D eigenvalue weighted by Gasteiger charge is -2.10. The normalized spacial score (nSPS) is 16.7. The Bertz CT molecular complexity index is 572. The predicted molar refractivity (Wildman–Crippen MR) is 59.8 cm³/mol. The van der Waals surface area contributed by atoms with E-state index in [2.05, 4.69) is 15.1 Å². The van der Waals surface area contributed by atoms with Crippen LogP contribution in [-0.4, -0.2) is 30.8 Å². The van der Waals surface area contributed by atoms with Gasteiger partial charge in [0.1, 0.15) is 0 Å². The maximum Gasteiger partial charge on any atom is 0.374 e. The van der Waals surface area contributed by atoms with Crippen LogP contribution in [0.2, 0.25) is 0 Å². The fourth-order valence-corrected chi connectivity index (χ4v) is 2.35. The van der Waals surface area contributed by atoms with E-state index in [1.54, 1.807) is 6.20 Å². The number of aromatic nitrogens is 4. The summed E-state index contributed by atoms with van der Waals surface area (Å²) in [4.78, 5) is 18.7. The fraction of sp³-hybridized carbons (Fsp3) is 0.455. The number of carbonyl (C=O) groups is 1. The van der Waals surface area contributed by atoms with Crippen LogP contribution in [0, 0.1) is 0 Å². The molecule has 1 saturated carbocycles. The van der Waals surface area contributed by atoms with Crippen LogP contribution in [0.25, 0.3) is 11.0 Å². The number of carboxylic acid groups (broad SMARTS) is 1. The van der Waals surface area contributed by atoms with Crippen LogP contribution in [0.15, 0.2) is 12.4 Å². The van der Waals surface area contributed by atoms with E-state index in [0.717, 1.165) is 18.2 Å². The molecule has 0 aromatic carbocycles. The summed E-state index contributed by atoms with van der Waals surface area (Å²) in [5.41, 5.74) is 0.629. The first kappa shape index (κ1) is 10.2. The van der Waals surface area contributed by atoms with Crippen molar-refractivity contribution in [1.29, 1.82) is 0 Å². The summed E-state index contributed by atoms with van der Waals surface area (Å²) in [5.74, 6) is -1.27. The minimum atomic E-state index is -1.11. The van der Waals surface area contributed by atoms with Crippen LogP contribution < -0.4 is 0 Å². The minimum Gasteiger partial charge on any atom is -0.475 e. The van der Waals surface area contributed by atoms with E-state index in [9.17, 15) is 4.79 Å². The standard InChI is InChI=1S/C11H12N4O2/c16-11(17)9-12-5-7-6-13-15(10(7)14-9)8-3-1-2-4-8/h5-6,8H,1-4H2,(H,16,17). The second-order valence-corrected chi connectivity index (χ2v) is 4.31. The molecule has 1 N–H and O–H groups in total. The first-order valence-corrected chi connectivity index (χ1v) is 5.69. The molecule has 0 spiro atoms. The molecular formula is C11H12N4O2. The highest BCUT2D eigenvalue weighted by Gasteiger charge is 2.21. The lowest BCUT2D eigenvalue weighted by molar-refractivity contribution is 0.0684. The molecule has 0 saturated heterocycles. The number of rotatable bonds is 2. The van der Waals surface area contributed by atoms with E-state index >= 15 is 0 Å². The third-order valence-electron chi connectivity index (χ3n) is 3.20. The van der Waals surface area contributed by atoms with Crippen molar-refractivity contribution in [2.24, 2.45) is 0 Å². The lowest BCUT2D eigenvalue weighted by Crippen LogP contribution is -2.10. The molecule has 2 heterocycles. The van der Waals surface area contributed by atoms with E-state index in [4.69, 9.17) is 5.11 Å². The molecule has 1 aliphatic rings. The molecule has 0 atom stereocenters. The van der Waals surface area contributed by atoms with Gasteiger partial charge in [-0.2, -0.15) is 5.10 Å². The monoisotopic (exact) mass is 232 g/mol. The number of fused-ring (bicyclic) bond motifs is 1. The molecule has 0 amide bonds. The van der Waals surface area contributed by atoms with Gasteiger partial charge in [-0.3, -0.25) is 0 Å². The molecule has 2 aromatic rings. The van der Waals surface area contributed by atoms with E-state index in [1.165, 1.54) is 19.0 Å². The third kappa shape index (κ3) is 1.65. The molecular weight excluding hydrogens is 220 g/mol. The molecule has 0 unspecified atom stereocenters. The first-order valence-electron chi connectivity index (χ1n) is 5.69. The van der Waals surface area contributed by atoms with Crippen molar-refractivity contribution in [3.05, 3.63) is 18.2 Å². The maximum absolute atomic E-state index is 10.8. The molecule has 6 nitrogen and oxygen atoms in total. The Labute approximate surface area is 97.3 Å². The average Bonchev–Trinajstić information content (AvgIpc) is 2.96. The van der Waals surface area contributed by atoms with Crippen molar-refractivity contribution in [3.8, 4) is 0 Å². The van der Waals surface area contributed by atoms with Crippen LogP contribution in [0.4, 0.5) is 0 Å². The molecule has 17 heavy (non-hydrogen) atoms. The quantitative estimate of drug-likeness (QED) is 0.851. The largest absolute Gasteiger partial charge is 0.475 e. The zero-order chi connectivity index (χ0) is 11.8. The van der Waals surface area contributed by atoms with Crippen LogP contribution in [-0.2, 0) is 0 Å². The van der Waals surface area contributed by atoms with E-state index in [0.29, 0.717) is 11.7 Å². The number of hydrogen-bond donors (Lipinski definition) is 1. The highest BCUT2D eigenvalue weighted by molar-refractivity contribution is 5.86. The summed E-state index contributed by atoms with van der Waals surface area (Å²) in [5, 5.41) is 14.0. The number of carboxylic acids is 1. The van der Waals surface area contributed by atoms with Crippen molar-refractivity contribution in [1.82, 2.24) is 19.7 Å². The molecule has 0 radical (unpaired) electrons. The lowest BCUT2D eigenvalue weighted by atomic mass is 10.2. The van der Waals surface area contributed by atoms with Gasteiger partial charge >= 0.3 is 5.97 Å². The second kappa shape index (κ2) is 3.80. The van der Waals surface area contributed by atoms with Crippen molar-refractivity contribution in [3.63, 3.8) is 0 Å². The van der Waals surface area contributed by atoms with Crippen LogP contribution in [0.1, 0.15) is 42.3 Å². The van der Waals surface area contributed by atoms with Gasteiger partial charge in [0.05, 0.1) is 17.6 Å². The molecule has 3 rings (SSSR count). The average molecular weight is 232 g/mol. The van der Waals surface area contributed by atoms with Gasteiger partial charge in [-0.15, -0.1) is 0 Å². The Kier molecular flexibility index (Phi) is 2.28. The van der Waals surface area contributed by atoms with Gasteiger partial charge in [0.2, 0.25) is 5.82 Å². The molecule has 1 fully saturated rings. The van der Waals surface area contributed by atoms with E-state index in [-0.39, 0.29) is 5.82 Å². The van der Waals surface area contributed by atoms with Crippen molar-refractivity contribution in [2.45, 2.75) is 31.7 Å². The number of aromatic carboxylic acids is 1. The Morgan fingerprint density at radius 1 is 1.35 bits per heavy atom. The Morgan fingerprint density at radius 2 is 2.12 bits per heavy atom. The summed E-state index contributed by atoms with van der Waals surface area (Å²) in [7, 11) is 0. The smallest absolute Gasteiger partial charge is 0.374 e. The highest BCUT2D eigenvalue weighted by Crippen LogP contribution is 2.30. The van der Waals surface area contributed by atoms with Gasteiger partial charge in [-0.25, -0.2) is 19.4 Å². The van der Waals surface area contributed by atoms with E-state index in [1.807, 2.05) is 4.68 Å². The molecule has 0 bridgehead atoms. The van der Waals surface area contributed by atoms with Crippen LogP contribution in [0.5, 0.6) is 0 Å². The summed E-state index contributed by atoms with van der Waals surface area (Å²) < 4.78 is 1.84. The van der Waals surface area contributed by atoms with Crippen molar-refractivity contribution in [2.75, 3.05) is 0 Å². The second-order valence-electron chi connectivity index (χ2n) is 4.31. The van der Waals surface area contributed by atoms with Gasteiger partial charge in [0, 0.05) is 6.20 Å². The zero-order valence-corrected chi connectivity index (χ0v) is 9.20. The molecule has 1 aliphatic carbocycles. The van der Waals surface area contributed by atoms with Gasteiger partial charge < -0.3 is 5.11 Å². The van der Waals surface area contributed by atoms with Crippen molar-refractivity contribution < 1.29 is 9.90 Å². The maximum atomic E-state index is 10.8. The summed E-state index contributed by atoms with van der Waals surface area (Å²) in [6.07, 6.45) is 7.78. The van der Waals surface area contributed by atoms with Crippen LogP contribution >= 0.6 is 0 Å². The van der Waals surface area contributed by atoms with Gasteiger partial charge in [0.25, 0.3) is 0 Å². The molecule has 2 aromatic heterocycles. The summed E-state index contributed by atoms with van der Waals surface area (Å²) in [6.45, 7) is 0. The summed E-state index contributed by atoms with van der Waals surface area (Å²) >= 11 is 0. The fourth-order valence-electron chi connectivity index (χ4n) is 2.35. The van der Waals surface area contributed by atoms with Gasteiger partial charge in [-0.1, -0.05) is 12.8 Å².